The summed E-state index contributed by atoms with van der Waals surface area (Å²) in [5.41, 5.74) is 2.72. The average Bonchev–Trinajstić information content (AvgIpc) is 2.96. The molecule has 0 saturated carbocycles. The molecule has 6 nitrogen and oxygen atoms in total. The van der Waals surface area contributed by atoms with E-state index in [-0.39, 0.29) is 6.42 Å². The summed E-state index contributed by atoms with van der Waals surface area (Å²) in [7, 11) is 0. The minimum Gasteiger partial charge on any atom is -0.550 e. The van der Waals surface area contributed by atoms with Crippen LogP contribution >= 0.6 is 12.2 Å². The summed E-state index contributed by atoms with van der Waals surface area (Å²) < 4.78 is 2.07. The molecule has 0 amide bonds. The van der Waals surface area contributed by atoms with Gasteiger partial charge in [-0.05, 0) is 36.8 Å². The monoisotopic (exact) mass is 339 g/mol. The van der Waals surface area contributed by atoms with Crippen LogP contribution in [0.3, 0.4) is 0 Å². The Morgan fingerprint density at radius 3 is 2.54 bits per heavy atom. The third-order valence-electron chi connectivity index (χ3n) is 3.78. The topological polar surface area (TPSA) is 86.6 Å². The minimum absolute atomic E-state index is 0.199. The van der Waals surface area contributed by atoms with Crippen molar-refractivity contribution >= 4 is 18.2 Å². The van der Waals surface area contributed by atoms with Gasteiger partial charge in [0, 0.05) is 30.3 Å². The van der Waals surface area contributed by atoms with Gasteiger partial charge in [0.2, 0.25) is 0 Å². The summed E-state index contributed by atoms with van der Waals surface area (Å²) in [5.74, 6) is -0.585. The lowest BCUT2D eigenvalue weighted by Crippen LogP contribution is -2.27. The molecule has 0 radical (unpaired) electrons. The molecule has 1 N–H and O–H groups in total. The fraction of sp³-hybridized carbons (Fsp3) is 0.176. The van der Waals surface area contributed by atoms with Crippen LogP contribution in [0.15, 0.2) is 48.8 Å². The molecule has 7 heteroatoms. The predicted octanol–water partition coefficient (Wildman–Crippen LogP) is 2.04. The molecule has 0 aliphatic heterocycles. The smallest absolute Gasteiger partial charge is 0.196 e. The number of hydrogen-bond acceptors (Lipinski definition) is 5. The number of carboxylic acid groups (broad SMARTS) is 1. The van der Waals surface area contributed by atoms with E-state index in [2.05, 4.69) is 15.2 Å². The summed E-state index contributed by atoms with van der Waals surface area (Å²) in [4.78, 5) is 15.3. The van der Waals surface area contributed by atoms with Crippen LogP contribution in [0.4, 0.5) is 0 Å². The largest absolute Gasteiger partial charge is 0.550 e. The zero-order chi connectivity index (χ0) is 17.1. The molecule has 3 rings (SSSR count). The molecule has 2 heterocycles. The van der Waals surface area contributed by atoms with Crippen LogP contribution in [-0.2, 0) is 4.79 Å². The van der Waals surface area contributed by atoms with Crippen LogP contribution in [0.25, 0.3) is 11.4 Å². The van der Waals surface area contributed by atoms with Crippen molar-refractivity contribution < 1.29 is 9.90 Å². The van der Waals surface area contributed by atoms with Gasteiger partial charge >= 0.3 is 0 Å². The average molecular weight is 339 g/mol. The molecular formula is C17H15N4O2S-. The first-order valence-electron chi connectivity index (χ1n) is 7.40. The zero-order valence-electron chi connectivity index (χ0n) is 13.0. The highest BCUT2D eigenvalue weighted by Gasteiger charge is 2.20. The third kappa shape index (κ3) is 3.26. The van der Waals surface area contributed by atoms with Crippen molar-refractivity contribution in [3.8, 4) is 11.4 Å². The van der Waals surface area contributed by atoms with E-state index in [1.807, 2.05) is 31.2 Å². The molecule has 0 unspecified atom stereocenters. The van der Waals surface area contributed by atoms with Gasteiger partial charge in [0.05, 0.1) is 6.04 Å². The predicted molar refractivity (Wildman–Crippen MR) is 89.6 cm³/mol. The molecule has 24 heavy (non-hydrogen) atoms. The molecule has 122 valence electrons. The van der Waals surface area contributed by atoms with E-state index in [0.29, 0.717) is 10.6 Å². The van der Waals surface area contributed by atoms with Crippen LogP contribution in [-0.4, -0.2) is 25.7 Å². The number of aromatic amines is 1. The number of H-pyrrole nitrogens is 1. The fourth-order valence-corrected chi connectivity index (χ4v) is 2.86. The lowest BCUT2D eigenvalue weighted by Gasteiger charge is -2.21. The Hall–Kier alpha value is -2.80. The number of rotatable bonds is 5. The second-order valence-corrected chi connectivity index (χ2v) is 5.85. The lowest BCUT2D eigenvalue weighted by atomic mass is 10.0. The van der Waals surface area contributed by atoms with Gasteiger partial charge in [-0.3, -0.25) is 14.6 Å². The first-order valence-corrected chi connectivity index (χ1v) is 7.81. The highest BCUT2D eigenvalue weighted by Crippen LogP contribution is 2.28. The molecular weight excluding hydrogens is 324 g/mol. The van der Waals surface area contributed by atoms with Gasteiger partial charge < -0.3 is 9.90 Å². The number of aryl methyl sites for hydroxylation is 1. The van der Waals surface area contributed by atoms with Crippen molar-refractivity contribution in [3.63, 3.8) is 0 Å². The summed E-state index contributed by atoms with van der Waals surface area (Å²) in [6.45, 7) is 1.98. The first-order chi connectivity index (χ1) is 11.6. The van der Waals surface area contributed by atoms with Gasteiger partial charge in [0.25, 0.3) is 0 Å². The molecule has 3 aromatic rings. The van der Waals surface area contributed by atoms with Crippen molar-refractivity contribution in [2.75, 3.05) is 0 Å². The van der Waals surface area contributed by atoms with Gasteiger partial charge in [-0.15, -0.1) is 0 Å². The number of carbonyl (C=O) groups excluding carboxylic acids is 1. The maximum Gasteiger partial charge on any atom is 0.196 e. The SMILES string of the molecule is Cc1ccc([C@H](CC(=O)[O-])n2c(-c3ccncc3)n[nH]c2=S)cc1. The van der Waals surface area contributed by atoms with E-state index in [1.54, 1.807) is 29.1 Å². The van der Waals surface area contributed by atoms with Gasteiger partial charge in [0.15, 0.2) is 10.6 Å². The number of pyridine rings is 1. The molecule has 0 spiro atoms. The first kappa shape index (κ1) is 16.1. The Bertz CT molecular complexity index is 900. The van der Waals surface area contributed by atoms with Gasteiger partial charge in [0.1, 0.15) is 0 Å². The molecule has 0 bridgehead atoms. The number of carbonyl (C=O) groups is 1. The number of nitrogens with one attached hydrogen (secondary N) is 1. The van der Waals surface area contributed by atoms with E-state index in [4.69, 9.17) is 12.2 Å². The molecule has 2 aromatic heterocycles. The zero-order valence-corrected chi connectivity index (χ0v) is 13.8. The summed E-state index contributed by atoms with van der Waals surface area (Å²) >= 11 is 5.34. The Labute approximate surface area is 143 Å². The summed E-state index contributed by atoms with van der Waals surface area (Å²) in [5, 5.41) is 18.3. The van der Waals surface area contributed by atoms with Crippen LogP contribution < -0.4 is 5.11 Å². The number of aromatic nitrogens is 4. The maximum atomic E-state index is 11.3. The number of hydrogen-bond donors (Lipinski definition) is 1. The standard InChI is InChI=1S/C17H16N4O2S/c1-11-2-4-12(5-3-11)14(10-15(22)23)21-16(19-20-17(21)24)13-6-8-18-9-7-13/h2-9,14H,10H2,1H3,(H,20,24)(H,22,23)/p-1/t14-/m0/s1. The molecule has 0 aliphatic rings. The van der Waals surface area contributed by atoms with E-state index < -0.39 is 12.0 Å². The van der Waals surface area contributed by atoms with E-state index in [9.17, 15) is 9.90 Å². The van der Waals surface area contributed by atoms with Gasteiger partial charge in [-0.1, -0.05) is 29.8 Å². The van der Waals surface area contributed by atoms with E-state index >= 15 is 0 Å². The highest BCUT2D eigenvalue weighted by molar-refractivity contribution is 7.71. The minimum atomic E-state index is -1.15. The summed E-state index contributed by atoms with van der Waals surface area (Å²) in [6.07, 6.45) is 3.10. The highest BCUT2D eigenvalue weighted by atomic mass is 32.1. The fourth-order valence-electron chi connectivity index (χ4n) is 2.60. The normalized spacial score (nSPS) is 12.0. The second kappa shape index (κ2) is 6.76. The van der Waals surface area contributed by atoms with E-state index in [0.717, 1.165) is 16.7 Å². The Kier molecular flexibility index (Phi) is 4.52. The van der Waals surface area contributed by atoms with Crippen molar-refractivity contribution in [1.29, 1.82) is 0 Å². The molecule has 0 aliphatic carbocycles. The number of aliphatic carboxylic acids is 1. The molecule has 1 aromatic carbocycles. The van der Waals surface area contributed by atoms with Gasteiger partial charge in [-0.2, -0.15) is 5.10 Å². The third-order valence-corrected chi connectivity index (χ3v) is 4.06. The van der Waals surface area contributed by atoms with Crippen LogP contribution in [0.5, 0.6) is 0 Å². The number of nitrogens with zero attached hydrogens (tertiary/aromatic N) is 3. The molecule has 0 fully saturated rings. The van der Waals surface area contributed by atoms with Crippen molar-refractivity contribution in [2.24, 2.45) is 0 Å². The quantitative estimate of drug-likeness (QED) is 0.719. The Morgan fingerprint density at radius 2 is 1.92 bits per heavy atom. The Balaban J connectivity index is 2.15. The van der Waals surface area contributed by atoms with Crippen LogP contribution in [0, 0.1) is 11.7 Å². The molecule has 1 atom stereocenters. The molecule has 0 saturated heterocycles. The van der Waals surface area contributed by atoms with Crippen molar-refractivity contribution in [2.45, 2.75) is 19.4 Å². The van der Waals surface area contributed by atoms with Gasteiger partial charge in [-0.25, -0.2) is 0 Å². The van der Waals surface area contributed by atoms with Crippen molar-refractivity contribution in [1.82, 2.24) is 19.7 Å². The second-order valence-electron chi connectivity index (χ2n) is 5.46. The van der Waals surface area contributed by atoms with Crippen LogP contribution in [0.2, 0.25) is 0 Å². The maximum absolute atomic E-state index is 11.3. The lowest BCUT2D eigenvalue weighted by molar-refractivity contribution is -0.306. The van der Waals surface area contributed by atoms with Crippen LogP contribution in [0.1, 0.15) is 23.6 Å². The van der Waals surface area contributed by atoms with Crippen molar-refractivity contribution in [3.05, 3.63) is 64.7 Å². The van der Waals surface area contributed by atoms with E-state index in [1.165, 1.54) is 0 Å². The number of carboxylic acids is 1. The number of benzene rings is 1. The summed E-state index contributed by atoms with van der Waals surface area (Å²) in [6, 6.07) is 10.8. The Morgan fingerprint density at radius 1 is 1.25 bits per heavy atom.